The molecule has 7 heteroatoms. The Labute approximate surface area is 184 Å². The number of ketones is 1. The minimum absolute atomic E-state index is 0.189. The molecule has 4 aromatic rings. The van der Waals surface area contributed by atoms with E-state index < -0.39 is 5.97 Å². The molecular formula is C25H22FN3O3. The molecule has 0 bridgehead atoms. The molecule has 2 aromatic heterocycles. The number of benzene rings is 2. The largest absolute Gasteiger partial charge is 0.454 e. The lowest BCUT2D eigenvalue weighted by atomic mass is 10.1. The molecule has 32 heavy (non-hydrogen) atoms. The first-order valence-electron chi connectivity index (χ1n) is 10.1. The Morgan fingerprint density at radius 2 is 1.69 bits per heavy atom. The predicted molar refractivity (Wildman–Crippen MR) is 118 cm³/mol. The molecular weight excluding hydrogens is 409 g/mol. The molecule has 0 N–H and O–H groups in total. The van der Waals surface area contributed by atoms with Gasteiger partial charge < -0.3 is 9.30 Å². The van der Waals surface area contributed by atoms with Gasteiger partial charge in [-0.25, -0.2) is 13.9 Å². The minimum Gasteiger partial charge on any atom is -0.454 e. The van der Waals surface area contributed by atoms with E-state index in [1.54, 1.807) is 29.1 Å². The molecule has 162 valence electrons. The Hall–Kier alpha value is -4.00. The molecule has 0 fully saturated rings. The summed E-state index contributed by atoms with van der Waals surface area (Å²) in [6.07, 6.45) is 1.55. The van der Waals surface area contributed by atoms with Crippen molar-refractivity contribution >= 4 is 11.8 Å². The van der Waals surface area contributed by atoms with E-state index in [4.69, 9.17) is 4.74 Å². The Kier molecular flexibility index (Phi) is 5.73. The van der Waals surface area contributed by atoms with Gasteiger partial charge >= 0.3 is 5.97 Å². The number of nitrogens with zero attached hydrogens (tertiary/aromatic N) is 3. The summed E-state index contributed by atoms with van der Waals surface area (Å²) in [6, 6.07) is 16.8. The van der Waals surface area contributed by atoms with Gasteiger partial charge in [0.05, 0.1) is 5.69 Å². The van der Waals surface area contributed by atoms with Crippen LogP contribution in [0.15, 0.2) is 66.9 Å². The number of ether oxygens (including phenoxy) is 1. The monoisotopic (exact) mass is 431 g/mol. The molecule has 4 rings (SSSR count). The molecule has 2 aromatic carbocycles. The van der Waals surface area contributed by atoms with Crippen molar-refractivity contribution in [2.45, 2.75) is 13.8 Å². The molecule has 0 spiro atoms. The van der Waals surface area contributed by atoms with Crippen LogP contribution in [0.4, 0.5) is 4.39 Å². The number of halogens is 1. The lowest BCUT2D eigenvalue weighted by molar-refractivity contribution is 0.0475. The smallest absolute Gasteiger partial charge is 0.342 e. The van der Waals surface area contributed by atoms with Gasteiger partial charge in [-0.05, 0) is 56.3 Å². The quantitative estimate of drug-likeness (QED) is 0.329. The molecule has 0 aliphatic rings. The van der Waals surface area contributed by atoms with Crippen LogP contribution in [0.3, 0.4) is 0 Å². The summed E-state index contributed by atoms with van der Waals surface area (Å²) < 4.78 is 22.2. The number of hydrogen-bond acceptors (Lipinski definition) is 4. The standard InChI is InChI=1S/C25H22FN3O3/c1-16-13-21(17(2)28(16)3)23(30)15-32-25(31)22-14-29(20-7-5-4-6-8-20)27-24(22)18-9-11-19(26)12-10-18/h4-14H,15H2,1-3H3. The number of Topliss-reactive ketones (excluding diaryl/α,β-unsaturated/α-hetero) is 1. The van der Waals surface area contributed by atoms with E-state index in [0.717, 1.165) is 17.1 Å². The average molecular weight is 431 g/mol. The predicted octanol–water partition coefficient (Wildman–Crippen LogP) is 4.67. The van der Waals surface area contributed by atoms with Crippen LogP contribution in [0, 0.1) is 19.7 Å². The van der Waals surface area contributed by atoms with E-state index in [0.29, 0.717) is 16.8 Å². The SMILES string of the molecule is Cc1cc(C(=O)COC(=O)c2cn(-c3ccccc3)nc2-c2ccc(F)cc2)c(C)n1C. The van der Waals surface area contributed by atoms with Crippen molar-refractivity contribution < 1.29 is 18.7 Å². The summed E-state index contributed by atoms with van der Waals surface area (Å²) in [5, 5.41) is 4.52. The molecule has 2 heterocycles. The number of aryl methyl sites for hydroxylation is 1. The molecule has 0 atom stereocenters. The second-order valence-electron chi connectivity index (χ2n) is 7.52. The lowest BCUT2D eigenvalue weighted by Crippen LogP contribution is -2.15. The highest BCUT2D eigenvalue weighted by molar-refractivity contribution is 6.01. The van der Waals surface area contributed by atoms with E-state index in [2.05, 4.69) is 5.10 Å². The normalized spacial score (nSPS) is 10.9. The van der Waals surface area contributed by atoms with Gasteiger partial charge in [-0.1, -0.05) is 18.2 Å². The minimum atomic E-state index is -0.676. The van der Waals surface area contributed by atoms with Crippen molar-refractivity contribution in [2.24, 2.45) is 7.05 Å². The number of esters is 1. The summed E-state index contributed by atoms with van der Waals surface area (Å²) >= 11 is 0. The fraction of sp³-hybridized carbons (Fsp3) is 0.160. The van der Waals surface area contributed by atoms with Crippen LogP contribution in [0.5, 0.6) is 0 Å². The Morgan fingerprint density at radius 3 is 2.31 bits per heavy atom. The van der Waals surface area contributed by atoms with Crippen molar-refractivity contribution in [1.82, 2.24) is 14.3 Å². The van der Waals surface area contributed by atoms with Gasteiger partial charge in [-0.15, -0.1) is 0 Å². The summed E-state index contributed by atoms with van der Waals surface area (Å²) in [7, 11) is 1.88. The van der Waals surface area contributed by atoms with E-state index in [-0.39, 0.29) is 23.8 Å². The van der Waals surface area contributed by atoms with Gasteiger partial charge in [-0.2, -0.15) is 5.10 Å². The van der Waals surface area contributed by atoms with Crippen molar-refractivity contribution in [3.63, 3.8) is 0 Å². The fourth-order valence-electron chi connectivity index (χ4n) is 3.48. The number of hydrogen-bond donors (Lipinski definition) is 0. The fourth-order valence-corrected chi connectivity index (χ4v) is 3.48. The molecule has 0 unspecified atom stereocenters. The molecule has 0 saturated carbocycles. The zero-order valence-electron chi connectivity index (χ0n) is 18.0. The summed E-state index contributed by atoms with van der Waals surface area (Å²) in [5.41, 5.74) is 4.13. The summed E-state index contributed by atoms with van der Waals surface area (Å²) in [4.78, 5) is 25.6. The molecule has 0 amide bonds. The van der Waals surface area contributed by atoms with E-state index in [1.807, 2.05) is 55.8 Å². The van der Waals surface area contributed by atoms with Gasteiger partial charge in [0, 0.05) is 35.8 Å². The van der Waals surface area contributed by atoms with E-state index >= 15 is 0 Å². The van der Waals surface area contributed by atoms with Crippen LogP contribution in [0.1, 0.15) is 32.1 Å². The van der Waals surface area contributed by atoms with Crippen molar-refractivity contribution in [2.75, 3.05) is 6.61 Å². The first kappa shape index (κ1) is 21.2. The summed E-state index contributed by atoms with van der Waals surface area (Å²) in [5.74, 6) is -1.34. The average Bonchev–Trinajstić information content (AvgIpc) is 3.36. The van der Waals surface area contributed by atoms with Gasteiger partial charge in [0.25, 0.3) is 0 Å². The van der Waals surface area contributed by atoms with Crippen LogP contribution in [0.2, 0.25) is 0 Å². The number of aromatic nitrogens is 3. The Morgan fingerprint density at radius 1 is 1.00 bits per heavy atom. The molecule has 0 aliphatic heterocycles. The highest BCUT2D eigenvalue weighted by Gasteiger charge is 2.22. The van der Waals surface area contributed by atoms with Crippen LogP contribution >= 0.6 is 0 Å². The molecule has 0 saturated heterocycles. The van der Waals surface area contributed by atoms with Crippen LogP contribution in [-0.2, 0) is 11.8 Å². The maximum Gasteiger partial charge on any atom is 0.342 e. The third-order valence-corrected chi connectivity index (χ3v) is 5.48. The number of rotatable bonds is 6. The Bertz CT molecular complexity index is 1290. The number of para-hydroxylation sites is 1. The highest BCUT2D eigenvalue weighted by atomic mass is 19.1. The first-order valence-corrected chi connectivity index (χ1v) is 10.1. The van der Waals surface area contributed by atoms with Crippen LogP contribution in [0.25, 0.3) is 16.9 Å². The van der Waals surface area contributed by atoms with Crippen LogP contribution < -0.4 is 0 Å². The van der Waals surface area contributed by atoms with Crippen molar-refractivity contribution in [1.29, 1.82) is 0 Å². The first-order chi connectivity index (χ1) is 15.3. The zero-order chi connectivity index (χ0) is 22.8. The topological polar surface area (TPSA) is 66.1 Å². The molecule has 6 nitrogen and oxygen atoms in total. The van der Waals surface area contributed by atoms with Gasteiger partial charge in [0.15, 0.2) is 6.61 Å². The van der Waals surface area contributed by atoms with Crippen molar-refractivity contribution in [3.8, 4) is 16.9 Å². The van der Waals surface area contributed by atoms with Crippen molar-refractivity contribution in [3.05, 3.63) is 95.2 Å². The van der Waals surface area contributed by atoms with Gasteiger partial charge in [0.1, 0.15) is 17.1 Å². The number of carbonyl (C=O) groups excluding carboxylic acids is 2. The highest BCUT2D eigenvalue weighted by Crippen LogP contribution is 2.25. The third kappa shape index (κ3) is 4.09. The van der Waals surface area contributed by atoms with Crippen LogP contribution in [-0.4, -0.2) is 32.7 Å². The second-order valence-corrected chi connectivity index (χ2v) is 7.52. The maximum absolute atomic E-state index is 13.4. The van der Waals surface area contributed by atoms with Gasteiger partial charge in [0.2, 0.25) is 5.78 Å². The lowest BCUT2D eigenvalue weighted by Gasteiger charge is -2.05. The Balaban J connectivity index is 1.63. The van der Waals surface area contributed by atoms with Gasteiger partial charge in [-0.3, -0.25) is 4.79 Å². The zero-order valence-corrected chi connectivity index (χ0v) is 18.0. The maximum atomic E-state index is 13.4. The van der Waals surface area contributed by atoms with E-state index in [1.165, 1.54) is 12.1 Å². The third-order valence-electron chi connectivity index (χ3n) is 5.48. The summed E-state index contributed by atoms with van der Waals surface area (Å²) in [6.45, 7) is 3.36. The van der Waals surface area contributed by atoms with E-state index in [9.17, 15) is 14.0 Å². The molecule has 0 radical (unpaired) electrons. The molecule has 0 aliphatic carbocycles. The number of carbonyl (C=O) groups is 2. The second kappa shape index (κ2) is 8.63.